The minimum atomic E-state index is 0.0751. The zero-order chi connectivity index (χ0) is 17.3. The third-order valence-electron chi connectivity index (χ3n) is 4.85. The van der Waals surface area contributed by atoms with Crippen molar-refractivity contribution in [3.8, 4) is 0 Å². The molecular formula is C21H26N2O. The Morgan fingerprint density at radius 1 is 1.08 bits per heavy atom. The molecule has 24 heavy (non-hydrogen) atoms. The monoisotopic (exact) mass is 322 g/mol. The van der Waals surface area contributed by atoms with E-state index in [0.717, 1.165) is 12.1 Å². The number of carbonyl (C=O) groups excluding carboxylic acids is 1. The van der Waals surface area contributed by atoms with E-state index in [1.165, 1.54) is 11.3 Å². The molecule has 126 valence electrons. The standard InChI is InChI=1S/C21H26N2O/c1-15(2)22-16(3)14-21(19-12-8-9-13-20(19)22)23(17(4)24)18-10-6-5-7-11-18/h5-13,15-16,21H,14H2,1-4H3. The number of carbonyl (C=O) groups is 1. The molecule has 0 N–H and O–H groups in total. The first-order valence-corrected chi connectivity index (χ1v) is 8.72. The molecule has 3 rings (SSSR count). The highest BCUT2D eigenvalue weighted by molar-refractivity contribution is 5.92. The van der Waals surface area contributed by atoms with E-state index in [4.69, 9.17) is 0 Å². The molecule has 0 aromatic heterocycles. The number of amides is 1. The predicted octanol–water partition coefficient (Wildman–Crippen LogP) is 4.79. The molecule has 0 radical (unpaired) electrons. The Bertz CT molecular complexity index is 711. The van der Waals surface area contributed by atoms with E-state index in [0.29, 0.717) is 12.1 Å². The molecule has 2 unspecified atom stereocenters. The lowest BCUT2D eigenvalue weighted by Gasteiger charge is -2.46. The highest BCUT2D eigenvalue weighted by atomic mass is 16.2. The molecule has 1 heterocycles. The molecular weight excluding hydrogens is 296 g/mol. The van der Waals surface area contributed by atoms with E-state index in [-0.39, 0.29) is 11.9 Å². The average Bonchev–Trinajstić information content (AvgIpc) is 2.55. The molecule has 1 aliphatic rings. The minimum Gasteiger partial charge on any atom is -0.366 e. The first-order valence-electron chi connectivity index (χ1n) is 8.72. The number of anilines is 2. The number of para-hydroxylation sites is 2. The summed E-state index contributed by atoms with van der Waals surface area (Å²) in [5.74, 6) is 0.0891. The predicted molar refractivity (Wildman–Crippen MR) is 100 cm³/mol. The van der Waals surface area contributed by atoms with Crippen LogP contribution in [-0.4, -0.2) is 18.0 Å². The van der Waals surface area contributed by atoms with Gasteiger partial charge in [-0.1, -0.05) is 36.4 Å². The van der Waals surface area contributed by atoms with Crippen LogP contribution in [0.5, 0.6) is 0 Å². The van der Waals surface area contributed by atoms with Crippen molar-refractivity contribution < 1.29 is 4.79 Å². The second kappa shape index (κ2) is 6.68. The molecule has 2 aromatic carbocycles. The van der Waals surface area contributed by atoms with Crippen LogP contribution >= 0.6 is 0 Å². The number of hydrogen-bond acceptors (Lipinski definition) is 2. The fourth-order valence-corrected chi connectivity index (χ4v) is 4.01. The van der Waals surface area contributed by atoms with Crippen LogP contribution in [0.25, 0.3) is 0 Å². The molecule has 1 amide bonds. The van der Waals surface area contributed by atoms with Crippen molar-refractivity contribution in [2.45, 2.75) is 52.2 Å². The van der Waals surface area contributed by atoms with Gasteiger partial charge in [0.25, 0.3) is 0 Å². The van der Waals surface area contributed by atoms with E-state index in [1.807, 2.05) is 35.2 Å². The Morgan fingerprint density at radius 3 is 2.33 bits per heavy atom. The van der Waals surface area contributed by atoms with Crippen molar-refractivity contribution in [2.75, 3.05) is 9.80 Å². The number of rotatable bonds is 3. The molecule has 1 aliphatic heterocycles. The van der Waals surface area contributed by atoms with Crippen molar-refractivity contribution in [2.24, 2.45) is 0 Å². The molecule has 2 atom stereocenters. The molecule has 0 fully saturated rings. The summed E-state index contributed by atoms with van der Waals surface area (Å²) >= 11 is 0. The highest BCUT2D eigenvalue weighted by Crippen LogP contribution is 2.42. The van der Waals surface area contributed by atoms with Gasteiger partial charge in [-0.25, -0.2) is 0 Å². The average molecular weight is 322 g/mol. The maximum atomic E-state index is 12.5. The van der Waals surface area contributed by atoms with Gasteiger partial charge < -0.3 is 9.80 Å². The van der Waals surface area contributed by atoms with Crippen LogP contribution in [0, 0.1) is 0 Å². The van der Waals surface area contributed by atoms with Crippen molar-refractivity contribution in [1.82, 2.24) is 0 Å². The summed E-state index contributed by atoms with van der Waals surface area (Å²) < 4.78 is 0. The highest BCUT2D eigenvalue weighted by Gasteiger charge is 2.35. The lowest BCUT2D eigenvalue weighted by atomic mass is 9.89. The normalized spacial score (nSPS) is 20.0. The van der Waals surface area contributed by atoms with Crippen molar-refractivity contribution in [3.63, 3.8) is 0 Å². The zero-order valence-corrected chi connectivity index (χ0v) is 14.9. The molecule has 0 saturated heterocycles. The van der Waals surface area contributed by atoms with Gasteiger partial charge >= 0.3 is 0 Å². The molecule has 3 nitrogen and oxygen atoms in total. The van der Waals surface area contributed by atoms with Crippen LogP contribution < -0.4 is 9.80 Å². The van der Waals surface area contributed by atoms with Gasteiger partial charge in [0.15, 0.2) is 0 Å². The van der Waals surface area contributed by atoms with E-state index in [1.54, 1.807) is 6.92 Å². The van der Waals surface area contributed by atoms with Crippen LogP contribution in [0.3, 0.4) is 0 Å². The Balaban J connectivity index is 2.10. The van der Waals surface area contributed by atoms with Crippen molar-refractivity contribution in [1.29, 1.82) is 0 Å². The number of fused-ring (bicyclic) bond motifs is 1. The molecule has 3 heteroatoms. The quantitative estimate of drug-likeness (QED) is 0.811. The van der Waals surface area contributed by atoms with Crippen molar-refractivity contribution >= 4 is 17.3 Å². The number of hydrogen-bond donors (Lipinski definition) is 0. The molecule has 2 aromatic rings. The van der Waals surface area contributed by atoms with E-state index >= 15 is 0 Å². The molecule has 0 saturated carbocycles. The number of nitrogens with zero attached hydrogens (tertiary/aromatic N) is 2. The molecule has 0 bridgehead atoms. The van der Waals surface area contributed by atoms with E-state index in [2.05, 4.69) is 49.9 Å². The summed E-state index contributed by atoms with van der Waals surface area (Å²) in [6, 6.07) is 19.4. The zero-order valence-electron chi connectivity index (χ0n) is 14.9. The lowest BCUT2D eigenvalue weighted by Crippen LogP contribution is -2.47. The lowest BCUT2D eigenvalue weighted by molar-refractivity contribution is -0.117. The van der Waals surface area contributed by atoms with Crippen LogP contribution in [0.15, 0.2) is 54.6 Å². The Hall–Kier alpha value is -2.29. The summed E-state index contributed by atoms with van der Waals surface area (Å²) in [6.45, 7) is 8.38. The maximum absolute atomic E-state index is 12.5. The summed E-state index contributed by atoms with van der Waals surface area (Å²) in [7, 11) is 0. The fraction of sp³-hybridized carbons (Fsp3) is 0.381. The SMILES string of the molecule is CC(=O)N(c1ccccc1)C1CC(C)N(C(C)C)c2ccccc21. The second-order valence-corrected chi connectivity index (χ2v) is 6.88. The summed E-state index contributed by atoms with van der Waals surface area (Å²) in [5.41, 5.74) is 3.46. The van der Waals surface area contributed by atoms with Gasteiger partial charge in [0.05, 0.1) is 6.04 Å². The maximum Gasteiger partial charge on any atom is 0.224 e. The largest absolute Gasteiger partial charge is 0.366 e. The van der Waals surface area contributed by atoms with Gasteiger partial charge in [-0.05, 0) is 51.0 Å². The van der Waals surface area contributed by atoms with E-state index < -0.39 is 0 Å². The van der Waals surface area contributed by atoms with Crippen LogP contribution in [0.1, 0.15) is 45.7 Å². The van der Waals surface area contributed by atoms with Gasteiger partial charge in [0.1, 0.15) is 0 Å². The van der Waals surface area contributed by atoms with Crippen LogP contribution in [0.2, 0.25) is 0 Å². The second-order valence-electron chi connectivity index (χ2n) is 6.88. The summed E-state index contributed by atoms with van der Waals surface area (Å²) in [6.07, 6.45) is 0.934. The smallest absolute Gasteiger partial charge is 0.224 e. The first kappa shape index (κ1) is 16.6. The Morgan fingerprint density at radius 2 is 1.71 bits per heavy atom. The number of benzene rings is 2. The van der Waals surface area contributed by atoms with Crippen LogP contribution in [0.4, 0.5) is 11.4 Å². The minimum absolute atomic E-state index is 0.0751. The third kappa shape index (κ3) is 2.91. The Kier molecular flexibility index (Phi) is 4.61. The summed E-state index contributed by atoms with van der Waals surface area (Å²) in [4.78, 5) is 16.9. The third-order valence-corrected chi connectivity index (χ3v) is 4.85. The fourth-order valence-electron chi connectivity index (χ4n) is 4.01. The van der Waals surface area contributed by atoms with Crippen LogP contribution in [-0.2, 0) is 4.79 Å². The van der Waals surface area contributed by atoms with Gasteiger partial charge in [-0.15, -0.1) is 0 Å². The first-order chi connectivity index (χ1) is 11.5. The topological polar surface area (TPSA) is 23.6 Å². The molecule has 0 aliphatic carbocycles. The van der Waals surface area contributed by atoms with Crippen molar-refractivity contribution in [3.05, 3.63) is 60.2 Å². The van der Waals surface area contributed by atoms with Gasteiger partial charge in [0, 0.05) is 30.4 Å². The van der Waals surface area contributed by atoms with Gasteiger partial charge in [-0.2, -0.15) is 0 Å². The van der Waals surface area contributed by atoms with Gasteiger partial charge in [-0.3, -0.25) is 4.79 Å². The Labute approximate surface area is 144 Å². The molecule has 0 spiro atoms. The van der Waals surface area contributed by atoms with Gasteiger partial charge in [0.2, 0.25) is 5.91 Å². The van der Waals surface area contributed by atoms with E-state index in [9.17, 15) is 4.79 Å². The summed E-state index contributed by atoms with van der Waals surface area (Å²) in [5, 5.41) is 0.